The van der Waals surface area contributed by atoms with E-state index in [0.717, 1.165) is 17.4 Å². The zero-order chi connectivity index (χ0) is 14.4. The van der Waals surface area contributed by atoms with Crippen molar-refractivity contribution in [3.63, 3.8) is 0 Å². The average Bonchev–Trinajstić information content (AvgIpc) is 3.09. The Labute approximate surface area is 124 Å². The molecule has 2 aliphatic rings. The van der Waals surface area contributed by atoms with Crippen molar-refractivity contribution in [2.24, 2.45) is 0 Å². The third kappa shape index (κ3) is 2.22. The fourth-order valence-electron chi connectivity index (χ4n) is 3.82. The van der Waals surface area contributed by atoms with Gasteiger partial charge in [0, 0.05) is 23.7 Å². The number of rotatable bonds is 2. The normalized spacial score (nSPS) is 27.2. The average molecular weight is 280 g/mol. The lowest BCUT2D eigenvalue weighted by Crippen LogP contribution is -2.42. The lowest BCUT2D eigenvalue weighted by molar-refractivity contribution is 0.0931. The van der Waals surface area contributed by atoms with Crippen molar-refractivity contribution < 1.29 is 4.79 Å². The van der Waals surface area contributed by atoms with Crippen molar-refractivity contribution in [3.8, 4) is 0 Å². The van der Waals surface area contributed by atoms with Crippen LogP contribution in [0.5, 0.6) is 0 Å². The molecule has 3 nitrogen and oxygen atoms in total. The molecule has 21 heavy (non-hydrogen) atoms. The Kier molecular flexibility index (Phi) is 2.96. The molecule has 3 heteroatoms. The molecule has 2 N–H and O–H groups in total. The third-order valence-electron chi connectivity index (χ3n) is 4.98. The van der Waals surface area contributed by atoms with Crippen LogP contribution < -0.4 is 10.6 Å². The van der Waals surface area contributed by atoms with Gasteiger partial charge in [-0.2, -0.15) is 0 Å². The molecule has 1 amide bonds. The van der Waals surface area contributed by atoms with E-state index < -0.39 is 0 Å². The van der Waals surface area contributed by atoms with E-state index in [1.54, 1.807) is 0 Å². The van der Waals surface area contributed by atoms with E-state index >= 15 is 0 Å². The largest absolute Gasteiger partial charge is 0.348 e. The molecule has 0 aromatic heterocycles. The third-order valence-corrected chi connectivity index (χ3v) is 4.98. The van der Waals surface area contributed by atoms with Crippen molar-refractivity contribution in [2.45, 2.75) is 44.3 Å². The van der Waals surface area contributed by atoms with E-state index in [9.17, 15) is 4.79 Å². The molecular formula is C18H20N2O. The molecule has 0 aliphatic carbocycles. The molecule has 2 saturated heterocycles. The summed E-state index contributed by atoms with van der Waals surface area (Å²) in [4.78, 5) is 12.5. The van der Waals surface area contributed by atoms with Gasteiger partial charge in [0.2, 0.25) is 0 Å². The lowest BCUT2D eigenvalue weighted by atomic mass is 9.95. The van der Waals surface area contributed by atoms with Crippen molar-refractivity contribution in [3.05, 3.63) is 47.5 Å². The van der Waals surface area contributed by atoms with Gasteiger partial charge in [0.05, 0.1) is 0 Å². The van der Waals surface area contributed by atoms with Gasteiger partial charge in [-0.3, -0.25) is 4.79 Å². The minimum atomic E-state index is 0.0535. The number of hydrogen-bond donors (Lipinski definition) is 2. The Hall–Kier alpha value is -1.87. The van der Waals surface area contributed by atoms with Crippen LogP contribution in [0.3, 0.4) is 0 Å². The predicted octanol–water partition coefficient (Wildman–Crippen LogP) is 2.77. The maximum Gasteiger partial charge on any atom is 0.251 e. The topological polar surface area (TPSA) is 41.1 Å². The summed E-state index contributed by atoms with van der Waals surface area (Å²) < 4.78 is 0. The van der Waals surface area contributed by atoms with Crippen molar-refractivity contribution in [1.82, 2.24) is 10.6 Å². The summed E-state index contributed by atoms with van der Waals surface area (Å²) in [5.74, 6) is 0.0535. The summed E-state index contributed by atoms with van der Waals surface area (Å²) in [5.41, 5.74) is 2.01. The molecule has 3 atom stereocenters. The molecule has 0 spiro atoms. The summed E-state index contributed by atoms with van der Waals surface area (Å²) in [7, 11) is 0. The Morgan fingerprint density at radius 3 is 2.90 bits per heavy atom. The molecule has 108 valence electrons. The Bertz CT molecular complexity index is 709. The molecule has 0 saturated carbocycles. The molecule has 2 aromatic rings. The number of carbonyl (C=O) groups is 1. The first-order valence-electron chi connectivity index (χ1n) is 7.77. The zero-order valence-electron chi connectivity index (χ0n) is 12.2. The maximum absolute atomic E-state index is 12.5. The van der Waals surface area contributed by atoms with Crippen LogP contribution in [-0.4, -0.2) is 24.0 Å². The second-order valence-electron chi connectivity index (χ2n) is 6.37. The summed E-state index contributed by atoms with van der Waals surface area (Å²) >= 11 is 0. The summed E-state index contributed by atoms with van der Waals surface area (Å²) in [6.07, 6.45) is 3.52. The lowest BCUT2D eigenvalue weighted by Gasteiger charge is -2.21. The number of fused-ring (bicyclic) bond motifs is 3. The van der Waals surface area contributed by atoms with Crippen LogP contribution in [0.25, 0.3) is 10.8 Å². The van der Waals surface area contributed by atoms with E-state index in [0.29, 0.717) is 18.1 Å². The summed E-state index contributed by atoms with van der Waals surface area (Å²) in [5, 5.41) is 9.11. The number of benzene rings is 2. The zero-order valence-corrected chi connectivity index (χ0v) is 12.2. The molecule has 2 bridgehead atoms. The molecule has 4 rings (SSSR count). The van der Waals surface area contributed by atoms with Gasteiger partial charge in [0.1, 0.15) is 0 Å². The fourth-order valence-corrected chi connectivity index (χ4v) is 3.82. The van der Waals surface area contributed by atoms with Crippen molar-refractivity contribution in [1.29, 1.82) is 0 Å². The molecule has 2 fully saturated rings. The van der Waals surface area contributed by atoms with E-state index in [2.05, 4.69) is 35.8 Å². The summed E-state index contributed by atoms with van der Waals surface area (Å²) in [6, 6.07) is 13.6. The maximum atomic E-state index is 12.5. The fraction of sp³-hybridized carbons (Fsp3) is 0.389. The Balaban J connectivity index is 1.57. The quantitative estimate of drug-likeness (QED) is 0.888. The highest BCUT2D eigenvalue weighted by Gasteiger charge is 2.39. The molecular weight excluding hydrogens is 260 g/mol. The van der Waals surface area contributed by atoms with E-state index in [1.165, 1.54) is 23.8 Å². The molecule has 0 unspecified atom stereocenters. The van der Waals surface area contributed by atoms with E-state index in [4.69, 9.17) is 0 Å². The van der Waals surface area contributed by atoms with Crippen LogP contribution in [-0.2, 0) is 0 Å². The van der Waals surface area contributed by atoms with E-state index in [-0.39, 0.29) is 5.91 Å². The molecule has 2 aromatic carbocycles. The minimum Gasteiger partial charge on any atom is -0.348 e. The van der Waals surface area contributed by atoms with Gasteiger partial charge in [-0.25, -0.2) is 0 Å². The van der Waals surface area contributed by atoms with Gasteiger partial charge in [-0.15, -0.1) is 0 Å². The standard InChI is InChI=1S/C18H20N2O/c1-11-3-2-4-12-9-13(5-7-15(11)12)18(21)20-17-10-14-6-8-16(17)19-14/h2-5,7,9,14,16-17,19H,6,8,10H2,1H3,(H,20,21)/t14-,16+,17-/m1/s1. The van der Waals surface area contributed by atoms with Gasteiger partial charge in [0.25, 0.3) is 5.91 Å². The van der Waals surface area contributed by atoms with Crippen LogP contribution >= 0.6 is 0 Å². The minimum absolute atomic E-state index is 0.0535. The first-order chi connectivity index (χ1) is 10.2. The van der Waals surface area contributed by atoms with Crippen LogP contribution in [0, 0.1) is 6.92 Å². The second kappa shape index (κ2) is 4.85. The smallest absolute Gasteiger partial charge is 0.251 e. The first-order valence-corrected chi connectivity index (χ1v) is 7.77. The SMILES string of the molecule is Cc1cccc2cc(C(=O)N[C@@H]3C[C@H]4CC[C@@H]3N4)ccc12. The number of aryl methyl sites for hydroxylation is 1. The van der Waals surface area contributed by atoms with Crippen LogP contribution in [0.1, 0.15) is 35.2 Å². The van der Waals surface area contributed by atoms with Crippen LogP contribution in [0.15, 0.2) is 36.4 Å². The highest BCUT2D eigenvalue weighted by Crippen LogP contribution is 2.28. The highest BCUT2D eigenvalue weighted by molar-refractivity contribution is 5.99. The highest BCUT2D eigenvalue weighted by atomic mass is 16.1. The van der Waals surface area contributed by atoms with Crippen molar-refractivity contribution in [2.75, 3.05) is 0 Å². The second-order valence-corrected chi connectivity index (χ2v) is 6.37. The van der Waals surface area contributed by atoms with Gasteiger partial charge in [-0.1, -0.05) is 24.3 Å². The molecule has 2 heterocycles. The van der Waals surface area contributed by atoms with Gasteiger partial charge >= 0.3 is 0 Å². The van der Waals surface area contributed by atoms with Crippen LogP contribution in [0.2, 0.25) is 0 Å². The van der Waals surface area contributed by atoms with Gasteiger partial charge in [0.15, 0.2) is 0 Å². The predicted molar refractivity (Wildman–Crippen MR) is 84.5 cm³/mol. The van der Waals surface area contributed by atoms with E-state index in [1.807, 2.05) is 18.2 Å². The van der Waals surface area contributed by atoms with Gasteiger partial charge < -0.3 is 10.6 Å². The number of nitrogens with one attached hydrogen (secondary N) is 2. The molecule has 2 aliphatic heterocycles. The first kappa shape index (κ1) is 12.8. The Morgan fingerprint density at radius 1 is 1.24 bits per heavy atom. The number of hydrogen-bond acceptors (Lipinski definition) is 2. The monoisotopic (exact) mass is 280 g/mol. The number of amides is 1. The van der Waals surface area contributed by atoms with Gasteiger partial charge in [-0.05, 0) is 54.7 Å². The Morgan fingerprint density at radius 2 is 2.14 bits per heavy atom. The van der Waals surface area contributed by atoms with Crippen molar-refractivity contribution >= 4 is 16.7 Å². The number of carbonyl (C=O) groups excluding carboxylic acids is 1. The van der Waals surface area contributed by atoms with Crippen LogP contribution in [0.4, 0.5) is 0 Å². The summed E-state index contributed by atoms with van der Waals surface area (Å²) in [6.45, 7) is 2.10. The molecule has 0 radical (unpaired) electrons.